The van der Waals surface area contributed by atoms with Gasteiger partial charge in [0, 0.05) is 29.3 Å². The van der Waals surface area contributed by atoms with Crippen LogP contribution in [-0.4, -0.2) is 9.91 Å². The van der Waals surface area contributed by atoms with Gasteiger partial charge in [0.2, 0.25) is 0 Å². The standard InChI is InChI=1S/C12H9BrClN3O2/c13-9-5-11(12(14)16-7-9)15-6-8-1-3-10(4-2-8)17(18)19/h1-5,7,15H,6H2. The summed E-state index contributed by atoms with van der Waals surface area (Å²) in [4.78, 5) is 14.1. The van der Waals surface area contributed by atoms with Gasteiger partial charge in [0.15, 0.2) is 5.15 Å². The minimum atomic E-state index is -0.424. The smallest absolute Gasteiger partial charge is 0.269 e. The second-order valence-corrected chi connectivity index (χ2v) is 5.04. The largest absolute Gasteiger partial charge is 0.378 e. The Morgan fingerprint density at radius 3 is 2.68 bits per heavy atom. The summed E-state index contributed by atoms with van der Waals surface area (Å²) in [7, 11) is 0. The van der Waals surface area contributed by atoms with Gasteiger partial charge in [-0.1, -0.05) is 23.7 Å². The quantitative estimate of drug-likeness (QED) is 0.518. The summed E-state index contributed by atoms with van der Waals surface area (Å²) < 4.78 is 0.822. The fourth-order valence-corrected chi connectivity index (χ4v) is 1.98. The van der Waals surface area contributed by atoms with E-state index in [0.29, 0.717) is 17.4 Å². The first kappa shape index (κ1) is 13.8. The average Bonchev–Trinajstić information content (AvgIpc) is 2.40. The number of halogens is 2. The fourth-order valence-electron chi connectivity index (χ4n) is 1.48. The number of nitro benzene ring substituents is 1. The van der Waals surface area contributed by atoms with Crippen LogP contribution < -0.4 is 5.32 Å². The Hall–Kier alpha value is -1.66. The first-order valence-corrected chi connectivity index (χ1v) is 6.51. The van der Waals surface area contributed by atoms with Gasteiger partial charge in [-0.25, -0.2) is 4.98 Å². The zero-order valence-electron chi connectivity index (χ0n) is 9.64. The molecule has 0 fully saturated rings. The topological polar surface area (TPSA) is 68.1 Å². The van der Waals surface area contributed by atoms with Gasteiger partial charge < -0.3 is 5.32 Å². The lowest BCUT2D eigenvalue weighted by Gasteiger charge is -2.08. The third kappa shape index (κ3) is 3.65. The normalized spacial score (nSPS) is 10.2. The SMILES string of the molecule is O=[N+]([O-])c1ccc(CNc2cc(Br)cnc2Cl)cc1. The number of nitrogens with zero attached hydrogens (tertiary/aromatic N) is 2. The second kappa shape index (κ2) is 5.99. The Balaban J connectivity index is 2.06. The highest BCUT2D eigenvalue weighted by Gasteiger charge is 2.05. The monoisotopic (exact) mass is 341 g/mol. The first-order valence-electron chi connectivity index (χ1n) is 5.34. The summed E-state index contributed by atoms with van der Waals surface area (Å²) in [5.41, 5.74) is 1.70. The molecule has 0 bridgehead atoms. The molecule has 0 saturated heterocycles. The predicted octanol–water partition coefficient (Wildman–Crippen LogP) is 4.02. The summed E-state index contributed by atoms with van der Waals surface area (Å²) >= 11 is 9.26. The van der Waals surface area contributed by atoms with E-state index in [0.717, 1.165) is 10.0 Å². The molecule has 7 heteroatoms. The molecule has 0 saturated carbocycles. The fraction of sp³-hybridized carbons (Fsp3) is 0.0833. The van der Waals surface area contributed by atoms with Crippen molar-refractivity contribution in [3.05, 3.63) is 61.8 Å². The lowest BCUT2D eigenvalue weighted by molar-refractivity contribution is -0.384. The van der Waals surface area contributed by atoms with Crippen molar-refractivity contribution in [2.24, 2.45) is 0 Å². The van der Waals surface area contributed by atoms with Gasteiger partial charge in [-0.3, -0.25) is 10.1 Å². The molecule has 0 atom stereocenters. The second-order valence-electron chi connectivity index (χ2n) is 3.77. The van der Waals surface area contributed by atoms with Gasteiger partial charge in [-0.15, -0.1) is 0 Å². The molecule has 1 heterocycles. The number of hydrogen-bond acceptors (Lipinski definition) is 4. The van der Waals surface area contributed by atoms with Crippen LogP contribution in [0.1, 0.15) is 5.56 Å². The van der Waals surface area contributed by atoms with E-state index in [9.17, 15) is 10.1 Å². The Morgan fingerprint density at radius 2 is 2.05 bits per heavy atom. The third-order valence-electron chi connectivity index (χ3n) is 2.44. The minimum Gasteiger partial charge on any atom is -0.378 e. The van der Waals surface area contributed by atoms with E-state index in [2.05, 4.69) is 26.2 Å². The maximum Gasteiger partial charge on any atom is 0.269 e. The number of non-ortho nitro benzene ring substituents is 1. The number of aromatic nitrogens is 1. The van der Waals surface area contributed by atoms with E-state index in [4.69, 9.17) is 11.6 Å². The molecule has 0 aliphatic heterocycles. The maximum atomic E-state index is 10.5. The van der Waals surface area contributed by atoms with E-state index in [1.54, 1.807) is 18.3 Å². The number of nitrogens with one attached hydrogen (secondary N) is 1. The summed E-state index contributed by atoms with van der Waals surface area (Å²) in [6.07, 6.45) is 1.61. The van der Waals surface area contributed by atoms with E-state index in [1.165, 1.54) is 12.1 Å². The van der Waals surface area contributed by atoms with Gasteiger partial charge in [0.05, 0.1) is 10.6 Å². The van der Waals surface area contributed by atoms with Crippen LogP contribution in [0.15, 0.2) is 41.0 Å². The lowest BCUT2D eigenvalue weighted by Crippen LogP contribution is -2.01. The van der Waals surface area contributed by atoms with Gasteiger partial charge >= 0.3 is 0 Å². The molecule has 19 heavy (non-hydrogen) atoms. The summed E-state index contributed by atoms with van der Waals surface area (Å²) in [5, 5.41) is 14.0. The van der Waals surface area contributed by atoms with Crippen molar-refractivity contribution in [1.29, 1.82) is 0 Å². The van der Waals surface area contributed by atoms with E-state index in [-0.39, 0.29) is 5.69 Å². The molecule has 0 radical (unpaired) electrons. The van der Waals surface area contributed by atoms with Gasteiger partial charge in [0.1, 0.15) is 0 Å². The van der Waals surface area contributed by atoms with E-state index in [1.807, 2.05) is 6.07 Å². The van der Waals surface area contributed by atoms with Crippen molar-refractivity contribution >= 4 is 38.9 Å². The van der Waals surface area contributed by atoms with Crippen LogP contribution >= 0.6 is 27.5 Å². The molecule has 2 aromatic rings. The van der Waals surface area contributed by atoms with Crippen LogP contribution in [0.25, 0.3) is 0 Å². The molecule has 0 spiro atoms. The highest BCUT2D eigenvalue weighted by molar-refractivity contribution is 9.10. The molecule has 0 aliphatic rings. The van der Waals surface area contributed by atoms with Crippen molar-refractivity contribution in [3.63, 3.8) is 0 Å². The minimum absolute atomic E-state index is 0.0749. The van der Waals surface area contributed by atoms with E-state index >= 15 is 0 Å². The van der Waals surface area contributed by atoms with Gasteiger partial charge in [0.25, 0.3) is 5.69 Å². The predicted molar refractivity (Wildman–Crippen MR) is 77.4 cm³/mol. The highest BCUT2D eigenvalue weighted by atomic mass is 79.9. The van der Waals surface area contributed by atoms with Crippen LogP contribution in [-0.2, 0) is 6.54 Å². The van der Waals surface area contributed by atoms with Crippen molar-refractivity contribution in [2.75, 3.05) is 5.32 Å². The first-order chi connectivity index (χ1) is 9.06. The van der Waals surface area contributed by atoms with Gasteiger partial charge in [-0.05, 0) is 27.6 Å². The summed E-state index contributed by atoms with van der Waals surface area (Å²) in [6, 6.07) is 8.16. The molecule has 0 amide bonds. The van der Waals surface area contributed by atoms with Crippen LogP contribution in [0.3, 0.4) is 0 Å². The molecule has 2 rings (SSSR count). The Morgan fingerprint density at radius 1 is 1.37 bits per heavy atom. The molecule has 1 aromatic carbocycles. The van der Waals surface area contributed by atoms with Gasteiger partial charge in [-0.2, -0.15) is 0 Å². The average molecular weight is 343 g/mol. The Labute approximate surface area is 122 Å². The number of anilines is 1. The third-order valence-corrected chi connectivity index (χ3v) is 3.17. The molecule has 0 aliphatic carbocycles. The number of benzene rings is 1. The molecule has 5 nitrogen and oxygen atoms in total. The number of pyridine rings is 1. The number of hydrogen-bond donors (Lipinski definition) is 1. The molecule has 1 aromatic heterocycles. The van der Waals surface area contributed by atoms with Crippen LogP contribution in [0.5, 0.6) is 0 Å². The number of nitro groups is 1. The number of rotatable bonds is 4. The van der Waals surface area contributed by atoms with E-state index < -0.39 is 4.92 Å². The molecular formula is C12H9BrClN3O2. The Bertz CT molecular complexity index is 604. The Kier molecular flexibility index (Phi) is 4.34. The summed E-state index contributed by atoms with van der Waals surface area (Å²) in [6.45, 7) is 0.510. The molecular weight excluding hydrogens is 334 g/mol. The molecule has 98 valence electrons. The van der Waals surface area contributed by atoms with Crippen LogP contribution in [0, 0.1) is 10.1 Å². The zero-order valence-corrected chi connectivity index (χ0v) is 12.0. The maximum absolute atomic E-state index is 10.5. The van der Waals surface area contributed by atoms with Crippen molar-refractivity contribution in [2.45, 2.75) is 6.54 Å². The van der Waals surface area contributed by atoms with Crippen molar-refractivity contribution in [3.8, 4) is 0 Å². The van der Waals surface area contributed by atoms with Crippen LogP contribution in [0.4, 0.5) is 11.4 Å². The summed E-state index contributed by atoms with van der Waals surface area (Å²) in [5.74, 6) is 0. The highest BCUT2D eigenvalue weighted by Crippen LogP contribution is 2.23. The zero-order chi connectivity index (χ0) is 13.8. The molecule has 1 N–H and O–H groups in total. The van der Waals surface area contributed by atoms with Crippen LogP contribution in [0.2, 0.25) is 5.15 Å². The molecule has 0 unspecified atom stereocenters. The van der Waals surface area contributed by atoms with Crippen molar-refractivity contribution < 1.29 is 4.92 Å². The lowest BCUT2D eigenvalue weighted by atomic mass is 10.2. The van der Waals surface area contributed by atoms with Crippen molar-refractivity contribution in [1.82, 2.24) is 4.98 Å².